The highest BCUT2D eigenvalue weighted by Crippen LogP contribution is 2.37. The fourth-order valence-electron chi connectivity index (χ4n) is 4.73. The number of carbonyl (C=O) groups is 1. The van der Waals surface area contributed by atoms with E-state index in [1.54, 1.807) is 35.1 Å². The van der Waals surface area contributed by atoms with Crippen molar-refractivity contribution >= 4 is 17.4 Å². The van der Waals surface area contributed by atoms with E-state index in [9.17, 15) is 13.6 Å². The first-order valence-corrected chi connectivity index (χ1v) is 11.5. The van der Waals surface area contributed by atoms with Gasteiger partial charge in [0.15, 0.2) is 17.5 Å². The van der Waals surface area contributed by atoms with E-state index < -0.39 is 11.6 Å². The van der Waals surface area contributed by atoms with Crippen molar-refractivity contribution in [2.45, 2.75) is 44.7 Å². The molecule has 2 aromatic heterocycles. The number of hydrogen-bond donors (Lipinski definition) is 0. The Hall–Kier alpha value is -3.40. The van der Waals surface area contributed by atoms with Gasteiger partial charge in [0.2, 0.25) is 11.9 Å². The van der Waals surface area contributed by atoms with Crippen molar-refractivity contribution < 1.29 is 18.3 Å². The van der Waals surface area contributed by atoms with Crippen LogP contribution < -0.4 is 9.80 Å². The summed E-state index contributed by atoms with van der Waals surface area (Å²) in [6.45, 7) is 3.23. The Labute approximate surface area is 196 Å². The molecule has 178 valence electrons. The van der Waals surface area contributed by atoms with E-state index in [1.165, 1.54) is 6.07 Å². The van der Waals surface area contributed by atoms with Crippen LogP contribution in [0.2, 0.25) is 0 Å². The number of likely N-dealkylation sites (N-methyl/N-ethyl adjacent to an activating group) is 1. The number of benzene rings is 1. The second kappa shape index (κ2) is 9.09. The molecule has 0 aliphatic carbocycles. The Morgan fingerprint density at radius 3 is 2.82 bits per heavy atom. The molecule has 2 atom stereocenters. The molecule has 34 heavy (non-hydrogen) atoms. The minimum atomic E-state index is -0.955. The quantitative estimate of drug-likeness (QED) is 0.581. The number of ether oxygens (including phenoxy) is 1. The Morgan fingerprint density at radius 1 is 1.18 bits per heavy atom. The number of carbonyl (C=O) groups excluding carboxylic acids is 1. The molecule has 1 amide bonds. The van der Waals surface area contributed by atoms with Crippen molar-refractivity contribution in [3.8, 4) is 17.3 Å². The number of hydrogen-bond acceptors (Lipinski definition) is 6. The highest BCUT2D eigenvalue weighted by Gasteiger charge is 2.41. The van der Waals surface area contributed by atoms with E-state index in [0.717, 1.165) is 31.4 Å². The van der Waals surface area contributed by atoms with Gasteiger partial charge in [0.1, 0.15) is 17.6 Å². The van der Waals surface area contributed by atoms with Crippen molar-refractivity contribution in [1.82, 2.24) is 19.5 Å². The van der Waals surface area contributed by atoms with Gasteiger partial charge in [-0.3, -0.25) is 9.36 Å². The first kappa shape index (κ1) is 22.4. The van der Waals surface area contributed by atoms with Gasteiger partial charge in [0.25, 0.3) is 0 Å². The summed E-state index contributed by atoms with van der Waals surface area (Å²) in [6.07, 6.45) is 8.38. The Balaban J connectivity index is 1.61. The van der Waals surface area contributed by atoms with Crippen LogP contribution >= 0.6 is 0 Å². The molecule has 1 aromatic carbocycles. The minimum absolute atomic E-state index is 0.000652. The first-order valence-electron chi connectivity index (χ1n) is 11.5. The van der Waals surface area contributed by atoms with Crippen LogP contribution in [0.1, 0.15) is 32.6 Å². The number of fused-ring (bicyclic) bond motifs is 1. The molecule has 0 saturated carbocycles. The van der Waals surface area contributed by atoms with E-state index in [1.807, 2.05) is 6.92 Å². The van der Waals surface area contributed by atoms with Crippen LogP contribution in [0.25, 0.3) is 17.3 Å². The van der Waals surface area contributed by atoms with Crippen LogP contribution in [0.5, 0.6) is 0 Å². The third-order valence-corrected chi connectivity index (χ3v) is 6.50. The molecular formula is C24H26F2N6O2. The van der Waals surface area contributed by atoms with Gasteiger partial charge < -0.3 is 14.5 Å². The molecule has 0 N–H and O–H groups in total. The molecule has 0 spiro atoms. The Morgan fingerprint density at radius 2 is 2.03 bits per heavy atom. The summed E-state index contributed by atoms with van der Waals surface area (Å²) in [7, 11) is 1.73. The molecule has 0 radical (unpaired) electrons. The largest absolute Gasteiger partial charge is 0.379 e. The summed E-state index contributed by atoms with van der Waals surface area (Å²) in [5.41, 5.74) is 1.02. The van der Waals surface area contributed by atoms with Gasteiger partial charge in [0, 0.05) is 31.6 Å². The second-order valence-corrected chi connectivity index (χ2v) is 8.58. The number of anilines is 2. The van der Waals surface area contributed by atoms with Crippen molar-refractivity contribution in [3.63, 3.8) is 0 Å². The van der Waals surface area contributed by atoms with Crippen LogP contribution in [-0.2, 0) is 9.53 Å². The molecule has 5 rings (SSSR count). The molecule has 2 aliphatic rings. The summed E-state index contributed by atoms with van der Waals surface area (Å²) >= 11 is 0. The highest BCUT2D eigenvalue weighted by atomic mass is 19.2. The molecule has 1 fully saturated rings. The number of amides is 1. The van der Waals surface area contributed by atoms with E-state index in [-0.39, 0.29) is 18.0 Å². The molecule has 10 heteroatoms. The number of rotatable bonds is 4. The van der Waals surface area contributed by atoms with Crippen LogP contribution in [0.15, 0.2) is 36.8 Å². The molecule has 2 aliphatic heterocycles. The van der Waals surface area contributed by atoms with Crippen LogP contribution in [0, 0.1) is 11.6 Å². The fraction of sp³-hybridized carbons (Fsp3) is 0.417. The molecule has 0 bridgehead atoms. The fourth-order valence-corrected chi connectivity index (χ4v) is 4.73. The van der Waals surface area contributed by atoms with Gasteiger partial charge in [-0.2, -0.15) is 4.98 Å². The maximum absolute atomic E-state index is 13.9. The van der Waals surface area contributed by atoms with E-state index in [4.69, 9.17) is 9.72 Å². The SMILES string of the molecule is CC[C@@H]1C(=O)N(C)c2cnc(-n3ccnc3-c3ccc(F)c(F)c3)nc2N1C1CCCCOC1. The summed E-state index contributed by atoms with van der Waals surface area (Å²) in [5, 5.41) is 0. The lowest BCUT2D eigenvalue weighted by atomic mass is 10.0. The monoisotopic (exact) mass is 468 g/mol. The number of nitrogens with zero attached hydrogens (tertiary/aromatic N) is 6. The number of aromatic nitrogens is 4. The lowest BCUT2D eigenvalue weighted by molar-refractivity contribution is -0.120. The maximum Gasteiger partial charge on any atom is 0.249 e. The summed E-state index contributed by atoms with van der Waals surface area (Å²) < 4.78 is 34.8. The average Bonchev–Trinajstić information content (AvgIpc) is 3.18. The lowest BCUT2D eigenvalue weighted by Gasteiger charge is -2.44. The summed E-state index contributed by atoms with van der Waals surface area (Å²) in [4.78, 5) is 30.5. The average molecular weight is 469 g/mol. The molecule has 4 heterocycles. The molecule has 1 saturated heterocycles. The third kappa shape index (κ3) is 3.81. The van der Waals surface area contributed by atoms with Crippen molar-refractivity contribution in [3.05, 3.63) is 48.4 Å². The summed E-state index contributed by atoms with van der Waals surface area (Å²) in [5.74, 6) is -0.515. The van der Waals surface area contributed by atoms with Crippen LogP contribution in [0.3, 0.4) is 0 Å². The van der Waals surface area contributed by atoms with Gasteiger partial charge in [0.05, 0.1) is 18.8 Å². The topological polar surface area (TPSA) is 76.4 Å². The van der Waals surface area contributed by atoms with E-state index >= 15 is 0 Å². The Kier molecular flexibility index (Phi) is 5.99. The smallest absolute Gasteiger partial charge is 0.249 e. The maximum atomic E-state index is 13.9. The van der Waals surface area contributed by atoms with Crippen LogP contribution in [0.4, 0.5) is 20.3 Å². The van der Waals surface area contributed by atoms with Gasteiger partial charge in [-0.1, -0.05) is 6.92 Å². The van der Waals surface area contributed by atoms with Gasteiger partial charge in [-0.15, -0.1) is 0 Å². The number of halogens is 2. The Bertz CT molecular complexity index is 1210. The molecule has 8 nitrogen and oxygen atoms in total. The standard InChI is InChI=1S/C24H26F2N6O2/c1-3-19-23(33)30(2)20-13-28-24(29-22(20)32(19)16-6-4-5-11-34-14-16)31-10-9-27-21(31)15-7-8-17(25)18(26)12-15/h7-10,12-13,16,19H,3-6,11,14H2,1-2H3/t16?,19-/m1/s1. The zero-order chi connectivity index (χ0) is 23.8. The summed E-state index contributed by atoms with van der Waals surface area (Å²) in [6, 6.07) is 3.28. The second-order valence-electron chi connectivity index (χ2n) is 8.58. The molecule has 1 unspecified atom stereocenters. The van der Waals surface area contributed by atoms with Crippen molar-refractivity contribution in [2.75, 3.05) is 30.1 Å². The van der Waals surface area contributed by atoms with E-state index in [2.05, 4.69) is 14.9 Å². The number of imidazole rings is 1. The highest BCUT2D eigenvalue weighted by molar-refractivity contribution is 6.04. The predicted molar refractivity (Wildman–Crippen MR) is 123 cm³/mol. The van der Waals surface area contributed by atoms with Gasteiger partial charge in [-0.25, -0.2) is 18.7 Å². The minimum Gasteiger partial charge on any atom is -0.379 e. The molecule has 3 aromatic rings. The predicted octanol–water partition coefficient (Wildman–Crippen LogP) is 3.74. The zero-order valence-electron chi connectivity index (χ0n) is 19.1. The first-order chi connectivity index (χ1) is 16.5. The molecular weight excluding hydrogens is 442 g/mol. The van der Waals surface area contributed by atoms with Gasteiger partial charge in [-0.05, 0) is 43.9 Å². The van der Waals surface area contributed by atoms with Crippen molar-refractivity contribution in [2.24, 2.45) is 0 Å². The normalized spacial score (nSPS) is 20.9. The van der Waals surface area contributed by atoms with E-state index in [0.29, 0.717) is 48.5 Å². The third-order valence-electron chi connectivity index (χ3n) is 6.50. The zero-order valence-corrected chi connectivity index (χ0v) is 19.1. The lowest BCUT2D eigenvalue weighted by Crippen LogP contribution is -2.57. The van der Waals surface area contributed by atoms with Crippen molar-refractivity contribution in [1.29, 1.82) is 0 Å². The van der Waals surface area contributed by atoms with Gasteiger partial charge >= 0.3 is 0 Å². The van der Waals surface area contributed by atoms with Crippen LogP contribution in [-0.4, -0.2) is 57.8 Å².